The summed E-state index contributed by atoms with van der Waals surface area (Å²) in [6.45, 7) is 3.52. The first-order valence-electron chi connectivity index (χ1n) is 10.2. The van der Waals surface area contributed by atoms with Crippen LogP contribution in [0.3, 0.4) is 0 Å². The highest BCUT2D eigenvalue weighted by Crippen LogP contribution is 2.24. The van der Waals surface area contributed by atoms with Crippen molar-refractivity contribution in [2.45, 2.75) is 32.1 Å². The van der Waals surface area contributed by atoms with Crippen LogP contribution in [-0.2, 0) is 4.79 Å². The minimum Gasteiger partial charge on any atom is -0.372 e. The highest BCUT2D eigenvalue weighted by molar-refractivity contribution is 7.12. The molecule has 28 heavy (non-hydrogen) atoms. The number of anilines is 2. The van der Waals surface area contributed by atoms with E-state index in [1.54, 1.807) is 0 Å². The van der Waals surface area contributed by atoms with E-state index in [4.69, 9.17) is 0 Å². The van der Waals surface area contributed by atoms with E-state index in [0.717, 1.165) is 36.5 Å². The number of carbonyl (C=O) groups excluding carboxylic acids is 2. The maximum absolute atomic E-state index is 12.6. The van der Waals surface area contributed by atoms with Gasteiger partial charge < -0.3 is 15.1 Å². The molecule has 0 unspecified atom stereocenters. The van der Waals surface area contributed by atoms with Gasteiger partial charge in [-0.15, -0.1) is 11.3 Å². The Labute approximate surface area is 170 Å². The quantitative estimate of drug-likeness (QED) is 0.840. The van der Waals surface area contributed by atoms with Gasteiger partial charge in [0.1, 0.15) is 0 Å². The zero-order valence-electron chi connectivity index (χ0n) is 16.1. The van der Waals surface area contributed by atoms with E-state index in [1.807, 2.05) is 34.5 Å². The van der Waals surface area contributed by atoms with Crippen molar-refractivity contribution in [3.8, 4) is 0 Å². The molecule has 0 saturated carbocycles. The highest BCUT2D eigenvalue weighted by Gasteiger charge is 2.28. The molecule has 0 atom stereocenters. The first-order valence-corrected chi connectivity index (χ1v) is 11.1. The van der Waals surface area contributed by atoms with Crippen molar-refractivity contribution in [2.24, 2.45) is 5.92 Å². The molecule has 6 heteroatoms. The van der Waals surface area contributed by atoms with Gasteiger partial charge in [-0.05, 0) is 67.8 Å². The van der Waals surface area contributed by atoms with Crippen molar-refractivity contribution < 1.29 is 9.59 Å². The number of nitrogens with zero attached hydrogens (tertiary/aromatic N) is 2. The van der Waals surface area contributed by atoms with Gasteiger partial charge in [0, 0.05) is 43.5 Å². The van der Waals surface area contributed by atoms with E-state index in [1.165, 1.54) is 36.3 Å². The second-order valence-electron chi connectivity index (χ2n) is 7.63. The fraction of sp³-hybridized carbons (Fsp3) is 0.455. The topological polar surface area (TPSA) is 52.7 Å². The van der Waals surface area contributed by atoms with Crippen LogP contribution < -0.4 is 10.2 Å². The zero-order valence-corrected chi connectivity index (χ0v) is 16.9. The molecule has 0 bridgehead atoms. The number of hydrogen-bond donors (Lipinski definition) is 1. The molecule has 2 fully saturated rings. The number of piperidine rings is 2. The molecule has 4 rings (SSSR count). The highest BCUT2D eigenvalue weighted by atomic mass is 32.1. The van der Waals surface area contributed by atoms with E-state index in [0.29, 0.717) is 13.1 Å². The van der Waals surface area contributed by atoms with Gasteiger partial charge in [-0.3, -0.25) is 9.59 Å². The summed E-state index contributed by atoms with van der Waals surface area (Å²) in [4.78, 5) is 30.1. The van der Waals surface area contributed by atoms with Gasteiger partial charge in [0.2, 0.25) is 5.91 Å². The third kappa shape index (κ3) is 4.38. The summed E-state index contributed by atoms with van der Waals surface area (Å²) in [5.41, 5.74) is 2.08. The van der Waals surface area contributed by atoms with Crippen LogP contribution in [0.5, 0.6) is 0 Å². The number of rotatable bonds is 4. The largest absolute Gasteiger partial charge is 0.372 e. The monoisotopic (exact) mass is 397 g/mol. The molecule has 5 nitrogen and oxygen atoms in total. The Morgan fingerprint density at radius 1 is 0.929 bits per heavy atom. The van der Waals surface area contributed by atoms with Crippen LogP contribution in [0.15, 0.2) is 41.8 Å². The molecule has 2 aliphatic rings. The van der Waals surface area contributed by atoms with Crippen LogP contribution in [-0.4, -0.2) is 42.9 Å². The van der Waals surface area contributed by atoms with Crippen molar-refractivity contribution in [2.75, 3.05) is 36.4 Å². The second-order valence-corrected chi connectivity index (χ2v) is 8.58. The van der Waals surface area contributed by atoms with Gasteiger partial charge in [0.25, 0.3) is 5.91 Å². The maximum atomic E-state index is 12.6. The first-order chi connectivity index (χ1) is 13.7. The molecule has 0 radical (unpaired) electrons. The summed E-state index contributed by atoms with van der Waals surface area (Å²) in [5.74, 6) is 0.116. The third-order valence-electron chi connectivity index (χ3n) is 5.74. The molecular weight excluding hydrogens is 370 g/mol. The van der Waals surface area contributed by atoms with Gasteiger partial charge >= 0.3 is 0 Å². The summed E-state index contributed by atoms with van der Waals surface area (Å²) in [5, 5.41) is 4.98. The van der Waals surface area contributed by atoms with Crippen LogP contribution in [0.1, 0.15) is 41.8 Å². The Morgan fingerprint density at radius 3 is 2.29 bits per heavy atom. The summed E-state index contributed by atoms with van der Waals surface area (Å²) in [7, 11) is 0. The van der Waals surface area contributed by atoms with Crippen molar-refractivity contribution in [1.29, 1.82) is 0 Å². The zero-order chi connectivity index (χ0) is 19.3. The molecule has 2 aromatic rings. The summed E-state index contributed by atoms with van der Waals surface area (Å²) < 4.78 is 0. The number of amides is 2. The molecule has 1 aromatic carbocycles. The fourth-order valence-corrected chi connectivity index (χ4v) is 4.74. The average Bonchev–Trinajstić information content (AvgIpc) is 3.29. The standard InChI is InChI=1S/C22H27N3O2S/c26-21(17-10-14-25(15-11-17)22(27)20-5-4-16-28-20)23-18-6-8-19(9-7-18)24-12-2-1-3-13-24/h4-9,16-17H,1-3,10-15H2,(H,23,26). The third-order valence-corrected chi connectivity index (χ3v) is 6.60. The molecule has 148 valence electrons. The molecule has 0 aliphatic carbocycles. The van der Waals surface area contributed by atoms with Gasteiger partial charge in [-0.2, -0.15) is 0 Å². The van der Waals surface area contributed by atoms with E-state index in [9.17, 15) is 9.59 Å². The van der Waals surface area contributed by atoms with Gasteiger partial charge in [0.15, 0.2) is 0 Å². The number of carbonyl (C=O) groups is 2. The van der Waals surface area contributed by atoms with Crippen molar-refractivity contribution in [3.05, 3.63) is 46.7 Å². The van der Waals surface area contributed by atoms with Crippen LogP contribution in [0.4, 0.5) is 11.4 Å². The number of nitrogens with one attached hydrogen (secondary N) is 1. The predicted octanol–water partition coefficient (Wildman–Crippen LogP) is 4.23. The number of likely N-dealkylation sites (tertiary alicyclic amines) is 1. The first kappa shape index (κ1) is 19.0. The lowest BCUT2D eigenvalue weighted by molar-refractivity contribution is -0.121. The van der Waals surface area contributed by atoms with Crippen LogP contribution in [0.2, 0.25) is 0 Å². The summed E-state index contributed by atoms with van der Waals surface area (Å²) in [6, 6.07) is 12.0. The fourth-order valence-electron chi connectivity index (χ4n) is 4.05. The summed E-state index contributed by atoms with van der Waals surface area (Å²) in [6.07, 6.45) is 5.27. The van der Waals surface area contributed by atoms with E-state index in [2.05, 4.69) is 22.3 Å². The van der Waals surface area contributed by atoms with Gasteiger partial charge in [-0.25, -0.2) is 0 Å². The minimum atomic E-state index is -0.0332. The summed E-state index contributed by atoms with van der Waals surface area (Å²) >= 11 is 1.47. The lowest BCUT2D eigenvalue weighted by Crippen LogP contribution is -2.41. The number of hydrogen-bond acceptors (Lipinski definition) is 4. The Kier molecular flexibility index (Phi) is 5.95. The molecule has 1 aromatic heterocycles. The van der Waals surface area contributed by atoms with Crippen LogP contribution in [0, 0.1) is 5.92 Å². The molecular formula is C22H27N3O2S. The second kappa shape index (κ2) is 8.78. The van der Waals surface area contributed by atoms with Crippen LogP contribution >= 0.6 is 11.3 Å². The normalized spacial score (nSPS) is 18.1. The number of thiophene rings is 1. The molecule has 1 N–H and O–H groups in total. The smallest absolute Gasteiger partial charge is 0.263 e. The number of benzene rings is 1. The predicted molar refractivity (Wildman–Crippen MR) is 114 cm³/mol. The van der Waals surface area contributed by atoms with Gasteiger partial charge in [0.05, 0.1) is 4.88 Å². The molecule has 3 heterocycles. The molecule has 0 spiro atoms. The minimum absolute atomic E-state index is 0.0332. The van der Waals surface area contributed by atoms with Crippen LogP contribution in [0.25, 0.3) is 0 Å². The van der Waals surface area contributed by atoms with E-state index in [-0.39, 0.29) is 17.7 Å². The van der Waals surface area contributed by atoms with E-state index >= 15 is 0 Å². The molecule has 2 aliphatic heterocycles. The molecule has 2 saturated heterocycles. The Morgan fingerprint density at radius 2 is 1.64 bits per heavy atom. The van der Waals surface area contributed by atoms with Crippen molar-refractivity contribution >= 4 is 34.5 Å². The Balaban J connectivity index is 1.28. The Bertz CT molecular complexity index is 790. The SMILES string of the molecule is O=C(Nc1ccc(N2CCCCC2)cc1)C1CCN(C(=O)c2cccs2)CC1. The molecule has 2 amide bonds. The lowest BCUT2D eigenvalue weighted by Gasteiger charge is -2.31. The van der Waals surface area contributed by atoms with E-state index < -0.39 is 0 Å². The average molecular weight is 398 g/mol. The van der Waals surface area contributed by atoms with Crippen molar-refractivity contribution in [3.63, 3.8) is 0 Å². The Hall–Kier alpha value is -2.34. The van der Waals surface area contributed by atoms with Crippen molar-refractivity contribution in [1.82, 2.24) is 4.90 Å². The lowest BCUT2D eigenvalue weighted by atomic mass is 9.95. The maximum Gasteiger partial charge on any atom is 0.263 e. The van der Waals surface area contributed by atoms with Gasteiger partial charge in [-0.1, -0.05) is 6.07 Å².